The summed E-state index contributed by atoms with van der Waals surface area (Å²) in [5.74, 6) is 0.650. The zero-order valence-electron chi connectivity index (χ0n) is 12.9. The molecule has 1 N–H and O–H groups in total. The highest BCUT2D eigenvalue weighted by Gasteiger charge is 2.06. The molecule has 0 aliphatic heterocycles. The number of benzene rings is 2. The lowest BCUT2D eigenvalue weighted by Crippen LogP contribution is -2.12. The Bertz CT molecular complexity index is 640. The number of thioether (sulfide) groups is 1. The number of carbonyl (C=O) groups is 1. The highest BCUT2D eigenvalue weighted by atomic mass is 32.2. The zero-order valence-corrected chi connectivity index (χ0v) is 13.7. The van der Waals surface area contributed by atoms with Gasteiger partial charge in [-0.15, -0.1) is 11.8 Å². The smallest absolute Gasteiger partial charge is 0.224 e. The zero-order chi connectivity index (χ0) is 15.9. The number of anilines is 1. The third-order valence-corrected chi connectivity index (χ3v) is 4.61. The van der Waals surface area contributed by atoms with E-state index in [9.17, 15) is 9.18 Å². The maximum Gasteiger partial charge on any atom is 0.224 e. The molecule has 0 radical (unpaired) electrons. The summed E-state index contributed by atoms with van der Waals surface area (Å²) >= 11 is 1.64. The van der Waals surface area contributed by atoms with Crippen LogP contribution in [0.3, 0.4) is 0 Å². The molecule has 0 aliphatic carbocycles. The average Bonchev–Trinajstić information content (AvgIpc) is 2.50. The quantitative estimate of drug-likeness (QED) is 0.603. The van der Waals surface area contributed by atoms with E-state index in [4.69, 9.17) is 0 Å². The number of rotatable bonds is 6. The van der Waals surface area contributed by atoms with Gasteiger partial charge < -0.3 is 5.32 Å². The number of amides is 1. The van der Waals surface area contributed by atoms with Crippen molar-refractivity contribution in [3.05, 3.63) is 59.4 Å². The largest absolute Gasteiger partial charge is 0.326 e. The lowest BCUT2D eigenvalue weighted by atomic mass is 10.1. The highest BCUT2D eigenvalue weighted by Crippen LogP contribution is 2.21. The van der Waals surface area contributed by atoms with E-state index < -0.39 is 0 Å². The van der Waals surface area contributed by atoms with Crippen molar-refractivity contribution in [1.29, 1.82) is 0 Å². The van der Waals surface area contributed by atoms with Crippen LogP contribution in [-0.4, -0.2) is 11.7 Å². The minimum Gasteiger partial charge on any atom is -0.326 e. The van der Waals surface area contributed by atoms with Gasteiger partial charge in [0.1, 0.15) is 5.82 Å². The summed E-state index contributed by atoms with van der Waals surface area (Å²) in [6.07, 6.45) is 1.28. The third kappa shape index (κ3) is 4.88. The molecule has 0 saturated carbocycles. The van der Waals surface area contributed by atoms with Gasteiger partial charge in [0, 0.05) is 17.0 Å². The van der Waals surface area contributed by atoms with Crippen LogP contribution in [0, 0.1) is 19.7 Å². The molecule has 22 heavy (non-hydrogen) atoms. The predicted molar refractivity (Wildman–Crippen MR) is 90.9 cm³/mol. The van der Waals surface area contributed by atoms with Gasteiger partial charge in [0.15, 0.2) is 0 Å². The van der Waals surface area contributed by atoms with E-state index in [1.807, 2.05) is 32.0 Å². The Labute approximate surface area is 135 Å². The number of halogens is 1. The van der Waals surface area contributed by atoms with Gasteiger partial charge in [-0.2, -0.15) is 0 Å². The molecule has 2 aromatic rings. The van der Waals surface area contributed by atoms with Gasteiger partial charge in [0.25, 0.3) is 0 Å². The molecule has 4 heteroatoms. The van der Waals surface area contributed by atoms with E-state index in [1.165, 1.54) is 17.7 Å². The molecule has 0 aromatic heterocycles. The molecule has 0 bridgehead atoms. The summed E-state index contributed by atoms with van der Waals surface area (Å²) in [5, 5.41) is 2.96. The van der Waals surface area contributed by atoms with Crippen LogP contribution >= 0.6 is 11.8 Å². The van der Waals surface area contributed by atoms with Crippen molar-refractivity contribution in [2.45, 2.75) is 31.6 Å². The number of aryl methyl sites for hydroxylation is 1. The minimum absolute atomic E-state index is 0.0356. The molecule has 0 saturated heterocycles. The van der Waals surface area contributed by atoms with Gasteiger partial charge in [-0.05, 0) is 67.5 Å². The lowest BCUT2D eigenvalue weighted by Gasteiger charge is -2.10. The van der Waals surface area contributed by atoms with E-state index in [1.54, 1.807) is 23.9 Å². The maximum atomic E-state index is 12.8. The van der Waals surface area contributed by atoms with Gasteiger partial charge in [-0.1, -0.05) is 12.1 Å². The molecular weight excluding hydrogens is 297 g/mol. The molecule has 0 fully saturated rings. The summed E-state index contributed by atoms with van der Waals surface area (Å²) in [5.41, 5.74) is 3.16. The molecule has 1 amide bonds. The van der Waals surface area contributed by atoms with Crippen molar-refractivity contribution < 1.29 is 9.18 Å². The molecule has 0 aliphatic rings. The van der Waals surface area contributed by atoms with Gasteiger partial charge in [-0.3, -0.25) is 4.79 Å². The van der Waals surface area contributed by atoms with Crippen LogP contribution in [0.5, 0.6) is 0 Å². The Morgan fingerprint density at radius 2 is 1.86 bits per heavy atom. The first-order valence-corrected chi connectivity index (χ1v) is 8.29. The molecule has 0 unspecified atom stereocenters. The maximum absolute atomic E-state index is 12.8. The van der Waals surface area contributed by atoms with E-state index in [2.05, 4.69) is 5.32 Å². The van der Waals surface area contributed by atoms with Crippen molar-refractivity contribution in [3.63, 3.8) is 0 Å². The van der Waals surface area contributed by atoms with Crippen molar-refractivity contribution in [2.24, 2.45) is 0 Å². The molecule has 2 nitrogen and oxygen atoms in total. The van der Waals surface area contributed by atoms with E-state index in [0.29, 0.717) is 6.42 Å². The third-order valence-electron chi connectivity index (χ3n) is 3.51. The summed E-state index contributed by atoms with van der Waals surface area (Å²) in [6.45, 7) is 4.04. The van der Waals surface area contributed by atoms with Crippen LogP contribution in [0.1, 0.15) is 24.0 Å². The first kappa shape index (κ1) is 16.6. The fourth-order valence-electron chi connectivity index (χ4n) is 2.05. The van der Waals surface area contributed by atoms with E-state index in [0.717, 1.165) is 28.3 Å². The summed E-state index contributed by atoms with van der Waals surface area (Å²) in [6, 6.07) is 12.3. The Balaban J connectivity index is 1.74. The Kier molecular flexibility index (Phi) is 6.01. The van der Waals surface area contributed by atoms with Gasteiger partial charge >= 0.3 is 0 Å². The second kappa shape index (κ2) is 7.99. The first-order chi connectivity index (χ1) is 10.6. The Hall–Kier alpha value is -1.81. The van der Waals surface area contributed by atoms with Crippen LogP contribution in [0.15, 0.2) is 47.4 Å². The van der Waals surface area contributed by atoms with Crippen molar-refractivity contribution >= 4 is 23.4 Å². The molecule has 116 valence electrons. The lowest BCUT2D eigenvalue weighted by molar-refractivity contribution is -0.116. The fourth-order valence-corrected chi connectivity index (χ4v) is 2.91. The SMILES string of the molecule is Cc1cccc(NC(=O)CCCSc2ccc(F)cc2)c1C. The van der Waals surface area contributed by atoms with Crippen LogP contribution in [0.2, 0.25) is 0 Å². The second-order valence-corrected chi connectivity index (χ2v) is 6.37. The Morgan fingerprint density at radius 3 is 2.59 bits per heavy atom. The van der Waals surface area contributed by atoms with Crippen LogP contribution in [0.4, 0.5) is 10.1 Å². The molecular formula is C18H20FNOS. The molecule has 2 rings (SSSR count). The van der Waals surface area contributed by atoms with Crippen molar-refractivity contribution in [2.75, 3.05) is 11.1 Å². The second-order valence-electron chi connectivity index (χ2n) is 5.20. The summed E-state index contributed by atoms with van der Waals surface area (Å²) in [7, 11) is 0. The van der Waals surface area contributed by atoms with E-state index in [-0.39, 0.29) is 11.7 Å². The average molecular weight is 317 g/mol. The predicted octanol–water partition coefficient (Wildman–Crippen LogP) is 4.95. The van der Waals surface area contributed by atoms with Gasteiger partial charge in [0.05, 0.1) is 0 Å². The molecule has 2 aromatic carbocycles. The topological polar surface area (TPSA) is 29.1 Å². The van der Waals surface area contributed by atoms with Crippen LogP contribution < -0.4 is 5.32 Å². The van der Waals surface area contributed by atoms with Gasteiger partial charge in [-0.25, -0.2) is 4.39 Å². The van der Waals surface area contributed by atoms with Gasteiger partial charge in [0.2, 0.25) is 5.91 Å². The molecule has 0 spiro atoms. The monoisotopic (exact) mass is 317 g/mol. The summed E-state index contributed by atoms with van der Waals surface area (Å²) in [4.78, 5) is 13.0. The molecule has 0 heterocycles. The normalized spacial score (nSPS) is 10.5. The number of hydrogen-bond acceptors (Lipinski definition) is 2. The highest BCUT2D eigenvalue weighted by molar-refractivity contribution is 7.99. The van der Waals surface area contributed by atoms with Crippen molar-refractivity contribution in [1.82, 2.24) is 0 Å². The fraction of sp³-hybridized carbons (Fsp3) is 0.278. The number of nitrogens with one attached hydrogen (secondary N) is 1. The van der Waals surface area contributed by atoms with Crippen LogP contribution in [0.25, 0.3) is 0 Å². The molecule has 0 atom stereocenters. The Morgan fingerprint density at radius 1 is 1.14 bits per heavy atom. The number of carbonyl (C=O) groups excluding carboxylic acids is 1. The van der Waals surface area contributed by atoms with Crippen molar-refractivity contribution in [3.8, 4) is 0 Å². The first-order valence-electron chi connectivity index (χ1n) is 7.30. The number of hydrogen-bond donors (Lipinski definition) is 1. The standard InChI is InChI=1S/C18H20FNOS/c1-13-5-3-6-17(14(13)2)20-18(21)7-4-12-22-16-10-8-15(19)9-11-16/h3,5-6,8-11H,4,7,12H2,1-2H3,(H,20,21). The van der Waals surface area contributed by atoms with E-state index >= 15 is 0 Å². The summed E-state index contributed by atoms with van der Waals surface area (Å²) < 4.78 is 12.8. The van der Waals surface area contributed by atoms with Crippen LogP contribution in [-0.2, 0) is 4.79 Å². The minimum atomic E-state index is -0.225.